The molecule has 0 aliphatic rings. The summed E-state index contributed by atoms with van der Waals surface area (Å²) < 4.78 is 75.9. The molecule has 3 rings (SSSR count). The predicted octanol–water partition coefficient (Wildman–Crippen LogP) is 6.66. The number of hydrogen-bond donors (Lipinski definition) is 2. The minimum Gasteiger partial charge on any atom is -0.462 e. The van der Waals surface area contributed by atoms with E-state index in [-0.39, 0.29) is 25.2 Å². The fourth-order valence-corrected chi connectivity index (χ4v) is 3.58. The number of benzene rings is 3. The monoisotopic (exact) mass is 534 g/mol. The van der Waals surface area contributed by atoms with Gasteiger partial charge in [0.05, 0.1) is 12.2 Å². The second kappa shape index (κ2) is 12.4. The Labute approximate surface area is 216 Å². The molecule has 0 aliphatic carbocycles. The molecule has 0 unspecified atom stereocenters. The van der Waals surface area contributed by atoms with Gasteiger partial charge in [-0.25, -0.2) is 4.79 Å². The molecule has 0 bridgehead atoms. The summed E-state index contributed by atoms with van der Waals surface area (Å²) >= 11 is 0. The van der Waals surface area contributed by atoms with Crippen molar-refractivity contribution < 1.29 is 36.2 Å². The normalized spacial score (nSPS) is 12.0. The molecule has 3 aromatic rings. The lowest BCUT2D eigenvalue weighted by Gasteiger charge is -2.18. The first kappa shape index (κ1) is 28.5. The Morgan fingerprint density at radius 2 is 1.45 bits per heavy atom. The average Bonchev–Trinajstić information content (AvgIpc) is 2.82. The Bertz CT molecular complexity index is 1220. The molecular formula is C28H27F5N2O3. The first-order valence-electron chi connectivity index (χ1n) is 11.7. The Balaban J connectivity index is 1.48. The van der Waals surface area contributed by atoms with Crippen molar-refractivity contribution in [2.75, 3.05) is 18.1 Å². The van der Waals surface area contributed by atoms with E-state index in [1.54, 1.807) is 18.2 Å². The summed E-state index contributed by atoms with van der Waals surface area (Å²) in [5.41, 5.74) is 14.0. The van der Waals surface area contributed by atoms with Gasteiger partial charge in [-0.05, 0) is 78.1 Å². The van der Waals surface area contributed by atoms with Gasteiger partial charge in [0.15, 0.2) is 0 Å². The molecule has 10 heteroatoms. The molecule has 0 atom stereocenters. The number of halogens is 5. The maximum atomic E-state index is 14.6. The molecular weight excluding hydrogens is 507 g/mol. The molecule has 0 aliphatic heterocycles. The van der Waals surface area contributed by atoms with Crippen LogP contribution < -0.4 is 16.2 Å². The zero-order valence-corrected chi connectivity index (χ0v) is 20.3. The topological polar surface area (TPSA) is 87.6 Å². The maximum absolute atomic E-state index is 14.6. The van der Waals surface area contributed by atoms with Crippen molar-refractivity contribution in [3.05, 3.63) is 95.1 Å². The van der Waals surface area contributed by atoms with Gasteiger partial charge in [0, 0.05) is 30.3 Å². The minimum atomic E-state index is -4.25. The standard InChI is InChI=1S/C28H27F5N2O3/c29-27(30,31)14-1-2-19-3-8-22(9-4-19)28(32,33)38-25-10-5-20(6-11-25)7-12-26(36)37-15-13-21-16-23(34)18-24(35)17-21/h3-12,16-18H,1-2,13-15,34-35H2/b12-7+. The molecule has 0 heterocycles. The quantitative estimate of drug-likeness (QED) is 0.124. The van der Waals surface area contributed by atoms with Crippen LogP contribution in [0.25, 0.3) is 6.08 Å². The summed E-state index contributed by atoms with van der Waals surface area (Å²) in [6.07, 6.45) is -5.69. The van der Waals surface area contributed by atoms with Crippen molar-refractivity contribution in [1.29, 1.82) is 0 Å². The average molecular weight is 535 g/mol. The van der Waals surface area contributed by atoms with E-state index < -0.39 is 30.2 Å². The van der Waals surface area contributed by atoms with Crippen LogP contribution >= 0.6 is 0 Å². The van der Waals surface area contributed by atoms with Crippen molar-refractivity contribution in [2.45, 2.75) is 38.0 Å². The summed E-state index contributed by atoms with van der Waals surface area (Å²) in [4.78, 5) is 11.9. The Kier molecular flexibility index (Phi) is 9.33. The number of esters is 1. The number of hydrogen-bond acceptors (Lipinski definition) is 5. The number of rotatable bonds is 11. The van der Waals surface area contributed by atoms with Gasteiger partial charge in [0.2, 0.25) is 0 Å². The lowest BCUT2D eigenvalue weighted by Crippen LogP contribution is -2.21. The zero-order valence-electron chi connectivity index (χ0n) is 20.3. The van der Waals surface area contributed by atoms with E-state index in [4.69, 9.17) is 20.9 Å². The minimum absolute atomic E-state index is 0.106. The summed E-state index contributed by atoms with van der Waals surface area (Å²) in [6.45, 7) is 0.127. The van der Waals surface area contributed by atoms with Gasteiger partial charge in [-0.15, -0.1) is 0 Å². The van der Waals surface area contributed by atoms with E-state index in [0.29, 0.717) is 28.9 Å². The SMILES string of the molecule is Nc1cc(N)cc(CCOC(=O)/C=C/c2ccc(OC(F)(F)c3ccc(CCCC(F)(F)F)cc3)cc2)c1. The Morgan fingerprint density at radius 3 is 2.05 bits per heavy atom. The van der Waals surface area contributed by atoms with Crippen LogP contribution in [0.5, 0.6) is 5.75 Å². The van der Waals surface area contributed by atoms with Crippen molar-refractivity contribution in [1.82, 2.24) is 0 Å². The maximum Gasteiger partial charge on any atom is 0.426 e. The van der Waals surface area contributed by atoms with Crippen LogP contribution in [-0.2, 0) is 28.5 Å². The van der Waals surface area contributed by atoms with E-state index in [1.807, 2.05) is 0 Å². The van der Waals surface area contributed by atoms with Gasteiger partial charge < -0.3 is 20.9 Å². The number of nitrogen functional groups attached to an aromatic ring is 2. The number of carbonyl (C=O) groups excluding carboxylic acids is 1. The number of nitrogens with two attached hydrogens (primary N) is 2. The second-order valence-electron chi connectivity index (χ2n) is 8.61. The molecule has 3 aromatic carbocycles. The number of ether oxygens (including phenoxy) is 2. The Hall–Kier alpha value is -4.08. The highest BCUT2D eigenvalue weighted by molar-refractivity contribution is 5.87. The van der Waals surface area contributed by atoms with Gasteiger partial charge >= 0.3 is 18.3 Å². The van der Waals surface area contributed by atoms with Crippen molar-refractivity contribution >= 4 is 23.4 Å². The van der Waals surface area contributed by atoms with Crippen LogP contribution in [0.4, 0.5) is 33.3 Å². The molecule has 0 saturated carbocycles. The third-order valence-corrected chi connectivity index (χ3v) is 5.43. The van der Waals surface area contributed by atoms with Gasteiger partial charge in [0.25, 0.3) is 0 Å². The van der Waals surface area contributed by atoms with Gasteiger partial charge in [-0.2, -0.15) is 22.0 Å². The predicted molar refractivity (Wildman–Crippen MR) is 135 cm³/mol. The van der Waals surface area contributed by atoms with E-state index in [9.17, 15) is 26.7 Å². The smallest absolute Gasteiger partial charge is 0.426 e. The van der Waals surface area contributed by atoms with Crippen molar-refractivity contribution in [3.63, 3.8) is 0 Å². The van der Waals surface area contributed by atoms with Crippen LogP contribution in [0.15, 0.2) is 72.8 Å². The fourth-order valence-electron chi connectivity index (χ4n) is 3.58. The molecule has 202 valence electrons. The van der Waals surface area contributed by atoms with E-state index in [1.165, 1.54) is 48.6 Å². The van der Waals surface area contributed by atoms with Crippen LogP contribution in [0.2, 0.25) is 0 Å². The summed E-state index contributed by atoms with van der Waals surface area (Å²) in [5, 5.41) is 0. The second-order valence-corrected chi connectivity index (χ2v) is 8.61. The van der Waals surface area contributed by atoms with E-state index >= 15 is 0 Å². The van der Waals surface area contributed by atoms with Crippen LogP contribution in [0.3, 0.4) is 0 Å². The molecule has 4 N–H and O–H groups in total. The summed E-state index contributed by atoms with van der Waals surface area (Å²) in [7, 11) is 0. The number of alkyl halides is 5. The van der Waals surface area contributed by atoms with Crippen molar-refractivity contribution in [2.24, 2.45) is 0 Å². The number of aryl methyl sites for hydroxylation is 1. The highest BCUT2D eigenvalue weighted by atomic mass is 19.4. The zero-order chi connectivity index (χ0) is 27.8. The fraction of sp³-hybridized carbons (Fsp3) is 0.250. The third-order valence-electron chi connectivity index (χ3n) is 5.43. The van der Waals surface area contributed by atoms with Crippen molar-refractivity contribution in [3.8, 4) is 5.75 Å². The van der Waals surface area contributed by atoms with Gasteiger partial charge in [-0.1, -0.05) is 24.3 Å². The molecule has 0 saturated heterocycles. The third kappa shape index (κ3) is 9.42. The molecule has 0 radical (unpaired) electrons. The molecule has 38 heavy (non-hydrogen) atoms. The Morgan fingerprint density at radius 1 is 0.816 bits per heavy atom. The van der Waals surface area contributed by atoms with E-state index in [0.717, 1.165) is 17.7 Å². The number of anilines is 2. The first-order valence-corrected chi connectivity index (χ1v) is 11.7. The van der Waals surface area contributed by atoms with Crippen LogP contribution in [0.1, 0.15) is 35.1 Å². The van der Waals surface area contributed by atoms with Gasteiger partial charge in [0.1, 0.15) is 5.75 Å². The van der Waals surface area contributed by atoms with Crippen LogP contribution in [0, 0.1) is 0 Å². The number of carbonyl (C=O) groups is 1. The lowest BCUT2D eigenvalue weighted by atomic mass is 10.1. The molecule has 0 amide bonds. The summed E-state index contributed by atoms with van der Waals surface area (Å²) in [6, 6.07) is 15.7. The molecule has 0 fully saturated rings. The van der Waals surface area contributed by atoms with E-state index in [2.05, 4.69) is 0 Å². The highest BCUT2D eigenvalue weighted by Crippen LogP contribution is 2.32. The summed E-state index contributed by atoms with van der Waals surface area (Å²) in [5.74, 6) is -0.680. The molecule has 0 aromatic heterocycles. The molecule has 5 nitrogen and oxygen atoms in total. The van der Waals surface area contributed by atoms with Gasteiger partial charge in [-0.3, -0.25) is 0 Å². The largest absolute Gasteiger partial charge is 0.462 e. The highest BCUT2D eigenvalue weighted by Gasteiger charge is 2.34. The lowest BCUT2D eigenvalue weighted by molar-refractivity contribution is -0.185. The first-order chi connectivity index (χ1) is 17.9. The van der Waals surface area contributed by atoms with Crippen LogP contribution in [-0.4, -0.2) is 18.8 Å². The molecule has 0 spiro atoms.